The molecule has 5 nitrogen and oxygen atoms in total. The lowest BCUT2D eigenvalue weighted by molar-refractivity contribution is -0.137. The number of fused-ring (bicyclic) bond motifs is 1. The second-order valence-electron chi connectivity index (χ2n) is 6.46. The Morgan fingerprint density at radius 1 is 1.11 bits per heavy atom. The largest absolute Gasteiger partial charge is 0.418 e. The molecule has 0 fully saturated rings. The van der Waals surface area contributed by atoms with Crippen LogP contribution in [0, 0.1) is 13.8 Å². The van der Waals surface area contributed by atoms with Crippen LogP contribution in [0.15, 0.2) is 36.4 Å². The molecule has 0 bridgehead atoms. The van der Waals surface area contributed by atoms with E-state index in [9.17, 15) is 22.8 Å². The van der Waals surface area contributed by atoms with Gasteiger partial charge in [0.2, 0.25) is 11.8 Å². The Morgan fingerprint density at radius 2 is 1.74 bits per heavy atom. The maximum absolute atomic E-state index is 13.0. The predicted molar refractivity (Wildman–Crippen MR) is 96.6 cm³/mol. The molecule has 2 aromatic rings. The number of benzene rings is 2. The Morgan fingerprint density at radius 3 is 2.41 bits per heavy atom. The molecule has 1 aliphatic heterocycles. The van der Waals surface area contributed by atoms with Gasteiger partial charge in [-0.1, -0.05) is 12.1 Å². The third kappa shape index (κ3) is 4.05. The first kappa shape index (κ1) is 18.8. The van der Waals surface area contributed by atoms with E-state index in [1.807, 2.05) is 26.0 Å². The number of alkyl halides is 3. The summed E-state index contributed by atoms with van der Waals surface area (Å²) in [5.74, 6) is -1.10. The first-order valence-electron chi connectivity index (χ1n) is 8.30. The van der Waals surface area contributed by atoms with Gasteiger partial charge in [-0.05, 0) is 49.2 Å². The fourth-order valence-corrected chi connectivity index (χ4v) is 2.88. The van der Waals surface area contributed by atoms with E-state index in [-0.39, 0.29) is 12.1 Å². The average Bonchev–Trinajstić information content (AvgIpc) is 2.57. The van der Waals surface area contributed by atoms with Crippen molar-refractivity contribution in [2.45, 2.75) is 32.5 Å². The maximum Gasteiger partial charge on any atom is 0.418 e. The Hall–Kier alpha value is -3.03. The molecule has 3 N–H and O–H groups in total. The highest BCUT2D eigenvalue weighted by molar-refractivity contribution is 6.06. The van der Waals surface area contributed by atoms with Crippen molar-refractivity contribution >= 4 is 28.9 Å². The number of hydrogen-bond acceptors (Lipinski definition) is 3. The van der Waals surface area contributed by atoms with Gasteiger partial charge in [0, 0.05) is 0 Å². The fourth-order valence-electron chi connectivity index (χ4n) is 2.88. The van der Waals surface area contributed by atoms with E-state index in [1.165, 1.54) is 18.2 Å². The van der Waals surface area contributed by atoms with E-state index in [4.69, 9.17) is 0 Å². The van der Waals surface area contributed by atoms with Gasteiger partial charge in [0.05, 0.1) is 29.0 Å². The van der Waals surface area contributed by atoms with E-state index in [1.54, 1.807) is 0 Å². The molecule has 0 saturated carbocycles. The number of nitrogens with one attached hydrogen (secondary N) is 3. The quantitative estimate of drug-likeness (QED) is 0.755. The van der Waals surface area contributed by atoms with Crippen LogP contribution in [-0.2, 0) is 15.8 Å². The van der Waals surface area contributed by atoms with Crippen molar-refractivity contribution in [2.75, 3.05) is 16.0 Å². The number of hydrogen-bond donors (Lipinski definition) is 3. The SMILES string of the molecule is Cc1cc2c(cc1C)N[C@H](CC(=O)Nc1ccccc1C(F)(F)F)C(=O)N2. The van der Waals surface area contributed by atoms with Gasteiger partial charge < -0.3 is 16.0 Å². The third-order valence-corrected chi connectivity index (χ3v) is 4.43. The maximum atomic E-state index is 13.0. The molecule has 0 aromatic heterocycles. The Labute approximate surface area is 154 Å². The van der Waals surface area contributed by atoms with Gasteiger partial charge in [0.25, 0.3) is 0 Å². The summed E-state index contributed by atoms with van der Waals surface area (Å²) in [5, 5.41) is 7.95. The molecular formula is C19H18F3N3O2. The van der Waals surface area contributed by atoms with Crippen LogP contribution < -0.4 is 16.0 Å². The normalized spacial score (nSPS) is 16.2. The van der Waals surface area contributed by atoms with E-state index in [0.29, 0.717) is 11.4 Å². The number of carbonyl (C=O) groups excluding carboxylic acids is 2. The molecule has 2 aromatic carbocycles. The number of anilines is 3. The number of para-hydroxylation sites is 1. The van der Waals surface area contributed by atoms with E-state index in [0.717, 1.165) is 17.2 Å². The smallest absolute Gasteiger partial charge is 0.372 e. The molecule has 0 radical (unpaired) electrons. The summed E-state index contributed by atoms with van der Waals surface area (Å²) in [7, 11) is 0. The van der Waals surface area contributed by atoms with Gasteiger partial charge in [-0.3, -0.25) is 9.59 Å². The molecule has 0 unspecified atom stereocenters. The van der Waals surface area contributed by atoms with Crippen molar-refractivity contribution < 1.29 is 22.8 Å². The summed E-state index contributed by atoms with van der Waals surface area (Å²) >= 11 is 0. The summed E-state index contributed by atoms with van der Waals surface area (Å²) in [4.78, 5) is 24.5. The van der Waals surface area contributed by atoms with E-state index < -0.39 is 29.6 Å². The van der Waals surface area contributed by atoms with Crippen LogP contribution in [0.1, 0.15) is 23.1 Å². The lowest BCUT2D eigenvalue weighted by atomic mass is 10.0. The highest BCUT2D eigenvalue weighted by Crippen LogP contribution is 2.35. The van der Waals surface area contributed by atoms with Crippen LogP contribution in [0.5, 0.6) is 0 Å². The van der Waals surface area contributed by atoms with Crippen LogP contribution >= 0.6 is 0 Å². The summed E-state index contributed by atoms with van der Waals surface area (Å²) in [6, 6.07) is 7.52. The molecule has 2 amide bonds. The lowest BCUT2D eigenvalue weighted by Crippen LogP contribution is -2.41. The van der Waals surface area contributed by atoms with Gasteiger partial charge in [-0.15, -0.1) is 0 Å². The highest BCUT2D eigenvalue weighted by Gasteiger charge is 2.34. The summed E-state index contributed by atoms with van der Waals surface area (Å²) in [5.41, 5.74) is 2.04. The van der Waals surface area contributed by atoms with Gasteiger partial charge >= 0.3 is 6.18 Å². The molecular weight excluding hydrogens is 359 g/mol. The van der Waals surface area contributed by atoms with Crippen molar-refractivity contribution in [3.05, 3.63) is 53.1 Å². The zero-order valence-electron chi connectivity index (χ0n) is 14.7. The van der Waals surface area contributed by atoms with Gasteiger partial charge in [-0.25, -0.2) is 0 Å². The number of halogens is 3. The Bertz CT molecular complexity index is 910. The molecule has 8 heteroatoms. The van der Waals surface area contributed by atoms with Crippen LogP contribution in [0.25, 0.3) is 0 Å². The monoisotopic (exact) mass is 377 g/mol. The first-order valence-corrected chi connectivity index (χ1v) is 8.30. The van der Waals surface area contributed by atoms with Crippen LogP contribution in [0.4, 0.5) is 30.2 Å². The second kappa shape index (κ2) is 6.94. The standard InChI is InChI=1S/C19H18F3N3O2/c1-10-7-14-15(8-11(10)2)25-18(27)16(23-14)9-17(26)24-13-6-4-3-5-12(13)19(20,21)22/h3-8,16,23H,9H2,1-2H3,(H,24,26)(H,25,27)/t16-/m1/s1. The van der Waals surface area contributed by atoms with Crippen molar-refractivity contribution in [3.8, 4) is 0 Å². The summed E-state index contributed by atoms with van der Waals surface area (Å²) < 4.78 is 39.1. The molecule has 0 aliphatic carbocycles. The molecule has 1 aliphatic rings. The molecule has 0 saturated heterocycles. The second-order valence-corrected chi connectivity index (χ2v) is 6.46. The summed E-state index contributed by atoms with van der Waals surface area (Å²) in [6.45, 7) is 3.84. The van der Waals surface area contributed by atoms with Crippen molar-refractivity contribution in [1.82, 2.24) is 0 Å². The predicted octanol–water partition coefficient (Wildman–Crippen LogP) is 4.08. The van der Waals surface area contributed by atoms with Crippen molar-refractivity contribution in [1.29, 1.82) is 0 Å². The number of amides is 2. The number of rotatable bonds is 3. The van der Waals surface area contributed by atoms with Crippen LogP contribution in [-0.4, -0.2) is 17.9 Å². The first-order chi connectivity index (χ1) is 12.6. The minimum Gasteiger partial charge on any atom is -0.372 e. The molecule has 1 heterocycles. The minimum absolute atomic E-state index is 0.301. The average molecular weight is 377 g/mol. The van der Waals surface area contributed by atoms with Crippen LogP contribution in [0.2, 0.25) is 0 Å². The van der Waals surface area contributed by atoms with Crippen LogP contribution in [0.3, 0.4) is 0 Å². The summed E-state index contributed by atoms with van der Waals surface area (Å²) in [6.07, 6.45) is -4.89. The topological polar surface area (TPSA) is 70.2 Å². The van der Waals surface area contributed by atoms with Gasteiger partial charge in [-0.2, -0.15) is 13.2 Å². The lowest BCUT2D eigenvalue weighted by Gasteiger charge is -2.27. The van der Waals surface area contributed by atoms with Gasteiger partial charge in [0.1, 0.15) is 6.04 Å². The zero-order valence-corrected chi connectivity index (χ0v) is 14.7. The van der Waals surface area contributed by atoms with Crippen molar-refractivity contribution in [2.24, 2.45) is 0 Å². The molecule has 0 spiro atoms. The Kier molecular flexibility index (Phi) is 4.82. The zero-order chi connectivity index (χ0) is 19.8. The molecule has 3 rings (SSSR count). The minimum atomic E-state index is -4.58. The highest BCUT2D eigenvalue weighted by atomic mass is 19.4. The van der Waals surface area contributed by atoms with E-state index >= 15 is 0 Å². The number of aryl methyl sites for hydroxylation is 2. The fraction of sp³-hybridized carbons (Fsp3) is 0.263. The third-order valence-electron chi connectivity index (χ3n) is 4.43. The molecule has 142 valence electrons. The van der Waals surface area contributed by atoms with E-state index in [2.05, 4.69) is 16.0 Å². The number of carbonyl (C=O) groups is 2. The Balaban J connectivity index is 1.74. The molecule has 1 atom stereocenters. The van der Waals surface area contributed by atoms with Gasteiger partial charge in [0.15, 0.2) is 0 Å². The van der Waals surface area contributed by atoms with Crippen molar-refractivity contribution in [3.63, 3.8) is 0 Å². The molecule has 27 heavy (non-hydrogen) atoms.